The first-order chi connectivity index (χ1) is 10.6. The Balaban J connectivity index is 2.42. The number of sulfonamides is 1. The molecule has 0 radical (unpaired) electrons. The van der Waals surface area contributed by atoms with Crippen molar-refractivity contribution < 1.29 is 27.9 Å². The quantitative estimate of drug-likeness (QED) is 0.744. The summed E-state index contributed by atoms with van der Waals surface area (Å²) in [5.74, 6) is -2.87. The van der Waals surface area contributed by atoms with E-state index in [1.54, 1.807) is 13.8 Å². The van der Waals surface area contributed by atoms with Gasteiger partial charge in [-0.3, -0.25) is 19.3 Å². The lowest BCUT2D eigenvalue weighted by Gasteiger charge is -2.18. The van der Waals surface area contributed by atoms with Crippen molar-refractivity contribution >= 4 is 27.8 Å². The second-order valence-corrected chi connectivity index (χ2v) is 7.27. The number of nitrogens with zero attached hydrogens (tertiary/aromatic N) is 1. The average molecular weight is 340 g/mol. The third-order valence-corrected chi connectivity index (χ3v) is 5.03. The molecule has 1 aliphatic rings. The van der Waals surface area contributed by atoms with Crippen molar-refractivity contribution in [2.24, 2.45) is 5.92 Å². The van der Waals surface area contributed by atoms with Crippen LogP contribution < -0.4 is 4.72 Å². The second kappa shape index (κ2) is 5.74. The molecule has 1 atom stereocenters. The number of imide groups is 1. The number of carbonyl (C=O) groups excluding carboxylic acids is 2. The van der Waals surface area contributed by atoms with Crippen LogP contribution in [-0.2, 0) is 14.8 Å². The van der Waals surface area contributed by atoms with Gasteiger partial charge >= 0.3 is 5.97 Å². The van der Waals surface area contributed by atoms with Gasteiger partial charge in [0.2, 0.25) is 10.0 Å². The van der Waals surface area contributed by atoms with Gasteiger partial charge in [0.05, 0.1) is 16.0 Å². The van der Waals surface area contributed by atoms with E-state index in [4.69, 9.17) is 5.11 Å². The molecule has 0 fully saturated rings. The second-order valence-electron chi connectivity index (χ2n) is 5.56. The van der Waals surface area contributed by atoms with E-state index in [0.717, 1.165) is 11.0 Å². The number of fused-ring (bicyclic) bond motifs is 1. The van der Waals surface area contributed by atoms with E-state index in [2.05, 4.69) is 4.72 Å². The molecule has 2 amide bonds. The zero-order valence-electron chi connectivity index (χ0n) is 12.7. The van der Waals surface area contributed by atoms with Crippen molar-refractivity contribution in [3.8, 4) is 0 Å². The van der Waals surface area contributed by atoms with E-state index in [0.29, 0.717) is 0 Å². The van der Waals surface area contributed by atoms with Crippen LogP contribution in [0.25, 0.3) is 0 Å². The molecule has 0 aliphatic carbocycles. The largest absolute Gasteiger partial charge is 0.480 e. The predicted molar refractivity (Wildman–Crippen MR) is 79.4 cm³/mol. The predicted octanol–water partition coefficient (Wildman–Crippen LogP) is 0.300. The summed E-state index contributed by atoms with van der Waals surface area (Å²) in [7, 11) is -2.84. The van der Waals surface area contributed by atoms with Crippen LogP contribution >= 0.6 is 0 Å². The Kier molecular flexibility index (Phi) is 4.27. The van der Waals surface area contributed by atoms with Crippen LogP contribution in [0.5, 0.6) is 0 Å². The zero-order chi connectivity index (χ0) is 17.5. The number of benzene rings is 1. The number of hydrogen-bond donors (Lipinski definition) is 2. The first kappa shape index (κ1) is 17.1. The Hall–Kier alpha value is -2.26. The Morgan fingerprint density at radius 1 is 1.17 bits per heavy atom. The summed E-state index contributed by atoms with van der Waals surface area (Å²) in [5, 5.41) is 9.09. The normalized spacial score (nSPS) is 15.9. The van der Waals surface area contributed by atoms with Crippen molar-refractivity contribution in [2.75, 3.05) is 7.05 Å². The topological polar surface area (TPSA) is 121 Å². The lowest BCUT2D eigenvalue weighted by molar-refractivity contribution is -0.140. The molecular formula is C14H16N2O6S. The highest BCUT2D eigenvalue weighted by Crippen LogP contribution is 2.24. The molecule has 23 heavy (non-hydrogen) atoms. The molecule has 0 unspecified atom stereocenters. The zero-order valence-corrected chi connectivity index (χ0v) is 13.5. The molecule has 8 nitrogen and oxygen atoms in total. The summed E-state index contributed by atoms with van der Waals surface area (Å²) in [5.41, 5.74) is 0.104. The van der Waals surface area contributed by atoms with Crippen molar-refractivity contribution in [3.05, 3.63) is 29.3 Å². The molecular weight excluding hydrogens is 324 g/mol. The van der Waals surface area contributed by atoms with Crippen LogP contribution in [0.2, 0.25) is 0 Å². The standard InChI is InChI=1S/C14H16N2O6S/c1-7(2)11(14(19)20)15-23(21,22)8-4-5-9-10(6-8)13(18)16(3)12(9)17/h4-7,11,15H,1-3H3,(H,19,20)/t11-/m0/s1. The number of hydrogen-bond acceptors (Lipinski definition) is 5. The van der Waals surface area contributed by atoms with Crippen LogP contribution in [0.4, 0.5) is 0 Å². The SMILES string of the molecule is CC(C)[C@H](NS(=O)(=O)c1ccc2c(c1)C(=O)N(C)C2=O)C(=O)O. The number of carbonyl (C=O) groups is 3. The fourth-order valence-corrected chi connectivity index (χ4v) is 3.58. The van der Waals surface area contributed by atoms with Crippen LogP contribution in [0.15, 0.2) is 23.1 Å². The van der Waals surface area contributed by atoms with Gasteiger partial charge in [-0.25, -0.2) is 8.42 Å². The minimum absolute atomic E-state index is 0.0169. The minimum Gasteiger partial charge on any atom is -0.480 e. The minimum atomic E-state index is -4.14. The van der Waals surface area contributed by atoms with Gasteiger partial charge in [0, 0.05) is 7.05 Å². The smallest absolute Gasteiger partial charge is 0.322 e. The van der Waals surface area contributed by atoms with Gasteiger partial charge in [-0.1, -0.05) is 13.8 Å². The van der Waals surface area contributed by atoms with Gasteiger partial charge in [-0.2, -0.15) is 4.72 Å². The average Bonchev–Trinajstić information content (AvgIpc) is 2.69. The van der Waals surface area contributed by atoms with Gasteiger partial charge in [-0.15, -0.1) is 0 Å². The van der Waals surface area contributed by atoms with Gasteiger partial charge in [0.15, 0.2) is 0 Å². The Labute approximate surface area is 133 Å². The lowest BCUT2D eigenvalue weighted by Crippen LogP contribution is -2.44. The van der Waals surface area contributed by atoms with Crippen LogP contribution in [0, 0.1) is 5.92 Å². The first-order valence-electron chi connectivity index (χ1n) is 6.78. The highest BCUT2D eigenvalue weighted by molar-refractivity contribution is 7.89. The van der Waals surface area contributed by atoms with Gasteiger partial charge < -0.3 is 5.11 Å². The summed E-state index contributed by atoms with van der Waals surface area (Å²) in [6.07, 6.45) is 0. The molecule has 0 spiro atoms. The van der Waals surface area contributed by atoms with E-state index >= 15 is 0 Å². The highest BCUT2D eigenvalue weighted by Gasteiger charge is 2.35. The number of carboxylic acid groups (broad SMARTS) is 1. The molecule has 124 valence electrons. The maximum absolute atomic E-state index is 12.3. The molecule has 1 aromatic carbocycles. The van der Waals surface area contributed by atoms with Gasteiger partial charge in [0.25, 0.3) is 11.8 Å². The van der Waals surface area contributed by atoms with E-state index in [1.165, 1.54) is 19.2 Å². The van der Waals surface area contributed by atoms with Crippen molar-refractivity contribution in [1.82, 2.24) is 9.62 Å². The third kappa shape index (κ3) is 2.97. The molecule has 0 aromatic heterocycles. The van der Waals surface area contributed by atoms with Crippen LogP contribution in [0.1, 0.15) is 34.6 Å². The summed E-state index contributed by atoms with van der Waals surface area (Å²) < 4.78 is 26.8. The van der Waals surface area contributed by atoms with Crippen molar-refractivity contribution in [3.63, 3.8) is 0 Å². The molecule has 1 aliphatic heterocycles. The highest BCUT2D eigenvalue weighted by atomic mass is 32.2. The number of aliphatic carboxylic acids is 1. The molecule has 2 N–H and O–H groups in total. The Bertz CT molecular complexity index is 799. The maximum atomic E-state index is 12.3. The summed E-state index contributed by atoms with van der Waals surface area (Å²) in [6.45, 7) is 3.14. The van der Waals surface area contributed by atoms with E-state index in [9.17, 15) is 22.8 Å². The van der Waals surface area contributed by atoms with Gasteiger partial charge in [-0.05, 0) is 24.1 Å². The summed E-state index contributed by atoms with van der Waals surface area (Å²) in [4.78, 5) is 35.5. The molecule has 2 rings (SSSR count). The first-order valence-corrected chi connectivity index (χ1v) is 8.26. The number of nitrogens with one attached hydrogen (secondary N) is 1. The Morgan fingerprint density at radius 2 is 1.74 bits per heavy atom. The van der Waals surface area contributed by atoms with Crippen LogP contribution in [-0.4, -0.2) is 49.3 Å². The van der Waals surface area contributed by atoms with Crippen LogP contribution in [0.3, 0.4) is 0 Å². The molecule has 0 bridgehead atoms. The number of carboxylic acids is 1. The van der Waals surface area contributed by atoms with E-state index in [-0.39, 0.29) is 16.0 Å². The monoisotopic (exact) mass is 340 g/mol. The molecule has 0 saturated heterocycles. The summed E-state index contributed by atoms with van der Waals surface area (Å²) >= 11 is 0. The van der Waals surface area contributed by atoms with Crippen molar-refractivity contribution in [2.45, 2.75) is 24.8 Å². The summed E-state index contributed by atoms with van der Waals surface area (Å²) in [6, 6.07) is 2.21. The fraction of sp³-hybridized carbons (Fsp3) is 0.357. The third-order valence-electron chi connectivity index (χ3n) is 3.59. The number of amides is 2. The fourth-order valence-electron chi connectivity index (χ4n) is 2.21. The van der Waals surface area contributed by atoms with Gasteiger partial charge in [0.1, 0.15) is 6.04 Å². The van der Waals surface area contributed by atoms with E-state index in [1.807, 2.05) is 0 Å². The molecule has 1 heterocycles. The Morgan fingerprint density at radius 3 is 2.26 bits per heavy atom. The van der Waals surface area contributed by atoms with Crippen molar-refractivity contribution in [1.29, 1.82) is 0 Å². The molecule has 9 heteroatoms. The molecule has 0 saturated carbocycles. The van der Waals surface area contributed by atoms with E-state index < -0.39 is 39.8 Å². The lowest BCUT2D eigenvalue weighted by atomic mass is 10.1. The number of rotatable bonds is 5. The molecule has 1 aromatic rings. The maximum Gasteiger partial charge on any atom is 0.322 e.